The maximum absolute atomic E-state index is 11.9. The molecule has 0 bridgehead atoms. The van der Waals surface area contributed by atoms with Gasteiger partial charge in [-0.15, -0.1) is 11.3 Å². The number of rotatable bonds is 6. The zero-order chi connectivity index (χ0) is 16.9. The van der Waals surface area contributed by atoms with Crippen LogP contribution in [0.15, 0.2) is 52.3 Å². The van der Waals surface area contributed by atoms with Gasteiger partial charge in [0.15, 0.2) is 6.61 Å². The van der Waals surface area contributed by atoms with Crippen LogP contribution in [0, 0.1) is 0 Å². The summed E-state index contributed by atoms with van der Waals surface area (Å²) in [4.78, 5) is 24.5. The van der Waals surface area contributed by atoms with Crippen molar-refractivity contribution in [1.82, 2.24) is 5.32 Å². The van der Waals surface area contributed by atoms with Gasteiger partial charge in [0.25, 0.3) is 5.91 Å². The molecule has 2 aromatic heterocycles. The zero-order valence-corrected chi connectivity index (χ0v) is 14.0. The highest BCUT2D eigenvalue weighted by atomic mass is 32.1. The van der Waals surface area contributed by atoms with Crippen LogP contribution in [-0.2, 0) is 20.7 Å². The van der Waals surface area contributed by atoms with Crippen molar-refractivity contribution in [2.45, 2.75) is 19.4 Å². The lowest BCUT2D eigenvalue weighted by molar-refractivity contribution is -0.148. The molecule has 0 unspecified atom stereocenters. The molecule has 0 aliphatic heterocycles. The molecule has 3 aromatic rings. The predicted molar refractivity (Wildman–Crippen MR) is 91.8 cm³/mol. The van der Waals surface area contributed by atoms with E-state index in [2.05, 4.69) is 5.32 Å². The number of nitrogens with one attached hydrogen (secondary N) is 1. The zero-order valence-electron chi connectivity index (χ0n) is 13.2. The summed E-state index contributed by atoms with van der Waals surface area (Å²) in [5.41, 5.74) is 0.774. The Balaban J connectivity index is 1.49. The second kappa shape index (κ2) is 7.31. The molecular weight excluding hydrogens is 326 g/mol. The van der Waals surface area contributed by atoms with E-state index in [0.717, 1.165) is 15.8 Å². The van der Waals surface area contributed by atoms with Crippen LogP contribution in [0.5, 0.6) is 0 Å². The lowest BCUT2D eigenvalue weighted by Crippen LogP contribution is -2.31. The van der Waals surface area contributed by atoms with Gasteiger partial charge in [0, 0.05) is 10.3 Å². The van der Waals surface area contributed by atoms with Gasteiger partial charge >= 0.3 is 5.97 Å². The van der Waals surface area contributed by atoms with Crippen LogP contribution in [0.2, 0.25) is 0 Å². The molecule has 1 N–H and O–H groups in total. The maximum Gasteiger partial charge on any atom is 0.311 e. The minimum absolute atomic E-state index is 0.185. The molecule has 2 heterocycles. The molecule has 5 nitrogen and oxygen atoms in total. The fourth-order valence-electron chi connectivity index (χ4n) is 2.32. The van der Waals surface area contributed by atoms with E-state index in [-0.39, 0.29) is 25.0 Å². The van der Waals surface area contributed by atoms with E-state index in [1.54, 1.807) is 0 Å². The van der Waals surface area contributed by atoms with Gasteiger partial charge in [-0.1, -0.05) is 24.3 Å². The molecule has 0 saturated heterocycles. The van der Waals surface area contributed by atoms with Gasteiger partial charge in [-0.05, 0) is 30.5 Å². The lowest BCUT2D eigenvalue weighted by atomic mass is 10.2. The molecule has 1 amide bonds. The number of hydrogen-bond donors (Lipinski definition) is 1. The van der Waals surface area contributed by atoms with Gasteiger partial charge in [0.05, 0.1) is 12.5 Å². The summed E-state index contributed by atoms with van der Waals surface area (Å²) in [6, 6.07) is 13.0. The first-order valence-electron chi connectivity index (χ1n) is 7.57. The van der Waals surface area contributed by atoms with Crippen molar-refractivity contribution < 1.29 is 18.7 Å². The van der Waals surface area contributed by atoms with E-state index in [1.165, 1.54) is 11.3 Å². The SMILES string of the molecule is C[C@@H](NC(=O)COC(=O)Cc1cccs1)c1cc2ccccc2o1. The predicted octanol–water partition coefficient (Wildman–Crippen LogP) is 3.46. The van der Waals surface area contributed by atoms with E-state index in [1.807, 2.05) is 54.8 Å². The lowest BCUT2D eigenvalue weighted by Gasteiger charge is -2.11. The molecule has 1 aromatic carbocycles. The van der Waals surface area contributed by atoms with Gasteiger partial charge in [-0.2, -0.15) is 0 Å². The minimum Gasteiger partial charge on any atom is -0.459 e. The van der Waals surface area contributed by atoms with Gasteiger partial charge in [-0.25, -0.2) is 0 Å². The molecular formula is C18H17NO4S. The van der Waals surface area contributed by atoms with E-state index in [0.29, 0.717) is 5.76 Å². The molecule has 3 rings (SSSR count). The largest absolute Gasteiger partial charge is 0.459 e. The molecule has 124 valence electrons. The average Bonchev–Trinajstić information content (AvgIpc) is 3.21. The fourth-order valence-corrected chi connectivity index (χ4v) is 3.01. The average molecular weight is 343 g/mol. The quantitative estimate of drug-likeness (QED) is 0.696. The van der Waals surface area contributed by atoms with Gasteiger partial charge < -0.3 is 14.5 Å². The molecule has 0 radical (unpaired) electrons. The molecule has 6 heteroatoms. The van der Waals surface area contributed by atoms with Crippen molar-refractivity contribution in [3.8, 4) is 0 Å². The number of furan rings is 1. The van der Waals surface area contributed by atoms with Crippen LogP contribution < -0.4 is 5.32 Å². The number of esters is 1. The van der Waals surface area contributed by atoms with E-state index >= 15 is 0 Å². The summed E-state index contributed by atoms with van der Waals surface area (Å²) < 4.78 is 10.7. The molecule has 0 aliphatic rings. The standard InChI is InChI=1S/C18H17NO4S/c1-12(16-9-13-5-2-3-7-15(13)23-16)19-17(20)11-22-18(21)10-14-6-4-8-24-14/h2-9,12H,10-11H2,1H3,(H,19,20)/t12-/m1/s1. The number of para-hydroxylation sites is 1. The summed E-state index contributed by atoms with van der Waals surface area (Å²) in [7, 11) is 0. The smallest absolute Gasteiger partial charge is 0.311 e. The molecule has 0 fully saturated rings. The molecule has 0 aliphatic carbocycles. The third-order valence-corrected chi connectivity index (χ3v) is 4.39. The number of carbonyl (C=O) groups excluding carboxylic acids is 2. The Bertz CT molecular complexity index is 805. The first-order chi connectivity index (χ1) is 11.6. The summed E-state index contributed by atoms with van der Waals surface area (Å²) >= 11 is 1.48. The van der Waals surface area contributed by atoms with Crippen molar-refractivity contribution in [2.75, 3.05) is 6.61 Å². The topological polar surface area (TPSA) is 68.5 Å². The first-order valence-corrected chi connectivity index (χ1v) is 8.45. The molecule has 0 spiro atoms. The number of thiophene rings is 1. The third-order valence-electron chi connectivity index (χ3n) is 3.51. The van der Waals surface area contributed by atoms with Crippen molar-refractivity contribution in [3.05, 3.63) is 58.5 Å². The fraction of sp³-hybridized carbons (Fsp3) is 0.222. The van der Waals surface area contributed by atoms with Crippen LogP contribution in [-0.4, -0.2) is 18.5 Å². The molecule has 1 atom stereocenters. The maximum atomic E-state index is 11.9. The number of hydrogen-bond acceptors (Lipinski definition) is 5. The Morgan fingerprint density at radius 1 is 1.25 bits per heavy atom. The Kier molecular flexibility index (Phi) is 4.96. The van der Waals surface area contributed by atoms with Crippen molar-refractivity contribution in [1.29, 1.82) is 0 Å². The van der Waals surface area contributed by atoms with E-state index < -0.39 is 5.97 Å². The summed E-state index contributed by atoms with van der Waals surface area (Å²) in [6.45, 7) is 1.53. The third kappa shape index (κ3) is 4.02. The number of benzene rings is 1. The van der Waals surface area contributed by atoms with Crippen LogP contribution in [0.4, 0.5) is 0 Å². The Hall–Kier alpha value is -2.60. The van der Waals surface area contributed by atoms with Crippen molar-refractivity contribution in [3.63, 3.8) is 0 Å². The minimum atomic E-state index is -0.413. The van der Waals surface area contributed by atoms with E-state index in [9.17, 15) is 9.59 Å². The highest BCUT2D eigenvalue weighted by Gasteiger charge is 2.15. The van der Waals surface area contributed by atoms with E-state index in [4.69, 9.17) is 9.15 Å². The highest BCUT2D eigenvalue weighted by Crippen LogP contribution is 2.23. The second-order valence-electron chi connectivity index (χ2n) is 5.39. The normalized spacial score (nSPS) is 12.0. The van der Waals surface area contributed by atoms with Crippen LogP contribution in [0.25, 0.3) is 11.0 Å². The summed E-state index contributed by atoms with van der Waals surface area (Å²) in [5, 5.41) is 5.64. The number of amides is 1. The second-order valence-corrected chi connectivity index (χ2v) is 6.42. The first kappa shape index (κ1) is 16.3. The van der Waals surface area contributed by atoms with Gasteiger partial charge in [-0.3, -0.25) is 9.59 Å². The van der Waals surface area contributed by atoms with Gasteiger partial charge in [0.2, 0.25) is 0 Å². The Morgan fingerprint density at radius 3 is 2.83 bits per heavy atom. The Labute approximate surface area is 143 Å². The number of fused-ring (bicyclic) bond motifs is 1. The molecule has 0 saturated carbocycles. The summed E-state index contributed by atoms with van der Waals surface area (Å²) in [5.74, 6) is -0.110. The van der Waals surface area contributed by atoms with Crippen LogP contribution in [0.3, 0.4) is 0 Å². The van der Waals surface area contributed by atoms with Crippen LogP contribution >= 0.6 is 11.3 Å². The van der Waals surface area contributed by atoms with Crippen LogP contribution in [0.1, 0.15) is 23.6 Å². The monoisotopic (exact) mass is 343 g/mol. The highest BCUT2D eigenvalue weighted by molar-refractivity contribution is 7.10. The molecule has 24 heavy (non-hydrogen) atoms. The van der Waals surface area contributed by atoms with Crippen molar-refractivity contribution in [2.24, 2.45) is 0 Å². The van der Waals surface area contributed by atoms with Gasteiger partial charge in [0.1, 0.15) is 11.3 Å². The number of carbonyl (C=O) groups is 2. The Morgan fingerprint density at radius 2 is 2.08 bits per heavy atom. The summed E-state index contributed by atoms with van der Waals surface area (Å²) in [6.07, 6.45) is 0.185. The number of ether oxygens (including phenoxy) is 1. The van der Waals surface area contributed by atoms with Crippen molar-refractivity contribution >= 4 is 34.2 Å².